The molecule has 1 aliphatic rings. The summed E-state index contributed by atoms with van der Waals surface area (Å²) in [5, 5.41) is 11.7. The fourth-order valence-electron chi connectivity index (χ4n) is 1.26. The summed E-state index contributed by atoms with van der Waals surface area (Å²) in [6, 6.07) is 2.06. The van der Waals surface area contributed by atoms with Crippen LogP contribution in [0.3, 0.4) is 0 Å². The number of rotatable bonds is 1. The third-order valence-corrected chi connectivity index (χ3v) is 2.32. The molecule has 0 spiro atoms. The molecule has 64 valence electrons. The fourth-order valence-corrected chi connectivity index (χ4v) is 1.62. The predicted molar refractivity (Wildman–Crippen MR) is 48.2 cm³/mol. The summed E-state index contributed by atoms with van der Waals surface area (Å²) in [7, 11) is 0. The minimum absolute atomic E-state index is 0.0501. The Balaban J connectivity index is 2.96. The molecule has 1 N–H and O–H groups in total. The highest BCUT2D eigenvalue weighted by atomic mass is 32.1. The van der Waals surface area contributed by atoms with Crippen LogP contribution in [0.15, 0.2) is 10.6 Å². The van der Waals surface area contributed by atoms with Crippen molar-refractivity contribution in [1.82, 2.24) is 5.32 Å². The van der Waals surface area contributed by atoms with Gasteiger partial charge in [-0.2, -0.15) is 5.26 Å². The van der Waals surface area contributed by atoms with Crippen LogP contribution in [0, 0.1) is 17.2 Å². The molecule has 0 aliphatic carbocycles. The van der Waals surface area contributed by atoms with Gasteiger partial charge in [-0.3, -0.25) is 4.79 Å². The summed E-state index contributed by atoms with van der Waals surface area (Å²) in [6.45, 7) is 1.96. The Morgan fingerprint density at radius 1 is 1.83 bits per heavy atom. The van der Waals surface area contributed by atoms with Gasteiger partial charge in [0.25, 0.3) is 0 Å². The minimum Gasteiger partial charge on any atom is -0.320 e. The Labute approximate surface area is 76.9 Å². The number of amides is 1. The molecule has 1 rings (SSSR count). The lowest BCUT2D eigenvalue weighted by Gasteiger charge is -2.21. The van der Waals surface area contributed by atoms with Crippen molar-refractivity contribution in [2.75, 3.05) is 0 Å². The van der Waals surface area contributed by atoms with Crippen molar-refractivity contribution in [1.29, 1.82) is 5.26 Å². The van der Waals surface area contributed by atoms with Gasteiger partial charge in [0.05, 0.1) is 16.7 Å². The summed E-state index contributed by atoms with van der Waals surface area (Å²) in [5.74, 6) is 0.00194. The standard InChI is InChI=1S/C8H10N2OS/c1-2-5-3-7(11)10-8(12)6(5)4-9/h5,12H,2-3H2,1H3,(H,10,11). The van der Waals surface area contributed by atoms with E-state index in [9.17, 15) is 4.79 Å². The number of thiol groups is 1. The molecule has 1 heterocycles. The number of nitriles is 1. The first-order valence-electron chi connectivity index (χ1n) is 3.82. The lowest BCUT2D eigenvalue weighted by Crippen LogP contribution is -2.30. The molecule has 0 aromatic carbocycles. The van der Waals surface area contributed by atoms with Crippen LogP contribution >= 0.6 is 12.6 Å². The smallest absolute Gasteiger partial charge is 0.225 e. The van der Waals surface area contributed by atoms with Crippen molar-refractivity contribution in [2.45, 2.75) is 19.8 Å². The maximum absolute atomic E-state index is 11.0. The van der Waals surface area contributed by atoms with Gasteiger partial charge in [-0.1, -0.05) is 6.92 Å². The van der Waals surface area contributed by atoms with Crippen LogP contribution in [0.2, 0.25) is 0 Å². The summed E-state index contributed by atoms with van der Waals surface area (Å²) in [6.07, 6.45) is 1.21. The highest BCUT2D eigenvalue weighted by Crippen LogP contribution is 2.26. The van der Waals surface area contributed by atoms with Crippen LogP contribution < -0.4 is 5.32 Å². The molecular weight excluding hydrogens is 172 g/mol. The van der Waals surface area contributed by atoms with Gasteiger partial charge >= 0.3 is 0 Å². The van der Waals surface area contributed by atoms with Crippen molar-refractivity contribution in [3.05, 3.63) is 10.6 Å². The zero-order valence-corrected chi connectivity index (χ0v) is 7.69. The number of carbonyl (C=O) groups excluding carboxylic acids is 1. The molecule has 0 aromatic rings. The van der Waals surface area contributed by atoms with Crippen molar-refractivity contribution in [3.63, 3.8) is 0 Å². The maximum Gasteiger partial charge on any atom is 0.225 e. The van der Waals surface area contributed by atoms with E-state index in [1.54, 1.807) is 0 Å². The number of hydrogen-bond donors (Lipinski definition) is 2. The van der Waals surface area contributed by atoms with E-state index in [2.05, 4.69) is 24.0 Å². The molecule has 0 bridgehead atoms. The second kappa shape index (κ2) is 3.63. The topological polar surface area (TPSA) is 52.9 Å². The first-order chi connectivity index (χ1) is 5.69. The molecule has 3 nitrogen and oxygen atoms in total. The maximum atomic E-state index is 11.0. The molecule has 1 amide bonds. The summed E-state index contributed by atoms with van der Waals surface area (Å²) in [4.78, 5) is 11.0. The molecule has 4 heteroatoms. The highest BCUT2D eigenvalue weighted by molar-refractivity contribution is 7.84. The first-order valence-corrected chi connectivity index (χ1v) is 4.26. The van der Waals surface area contributed by atoms with Crippen LogP contribution in [0.1, 0.15) is 19.8 Å². The Morgan fingerprint density at radius 3 is 3.00 bits per heavy atom. The van der Waals surface area contributed by atoms with Crippen LogP contribution in [0.25, 0.3) is 0 Å². The van der Waals surface area contributed by atoms with E-state index < -0.39 is 0 Å². The average molecular weight is 182 g/mol. The molecule has 12 heavy (non-hydrogen) atoms. The van der Waals surface area contributed by atoms with Gasteiger partial charge in [0.1, 0.15) is 0 Å². The van der Waals surface area contributed by atoms with Crippen molar-refractivity contribution in [3.8, 4) is 6.07 Å². The predicted octanol–water partition coefficient (Wildman–Crippen LogP) is 1.20. The van der Waals surface area contributed by atoms with E-state index in [4.69, 9.17) is 5.26 Å². The lowest BCUT2D eigenvalue weighted by molar-refractivity contribution is -0.121. The fraction of sp³-hybridized carbons (Fsp3) is 0.500. The third kappa shape index (κ3) is 1.62. The number of carbonyl (C=O) groups is 1. The number of allylic oxidation sites excluding steroid dienone is 1. The van der Waals surface area contributed by atoms with E-state index >= 15 is 0 Å². The minimum atomic E-state index is -0.0501. The highest BCUT2D eigenvalue weighted by Gasteiger charge is 2.24. The van der Waals surface area contributed by atoms with Crippen LogP contribution in [0.5, 0.6) is 0 Å². The normalized spacial score (nSPS) is 23.4. The molecule has 0 fully saturated rings. The molecule has 1 aliphatic heterocycles. The van der Waals surface area contributed by atoms with Gasteiger partial charge < -0.3 is 5.32 Å². The Hall–Kier alpha value is -0.950. The van der Waals surface area contributed by atoms with Gasteiger partial charge in [-0.15, -0.1) is 12.6 Å². The van der Waals surface area contributed by atoms with E-state index in [1.807, 2.05) is 6.92 Å². The van der Waals surface area contributed by atoms with Gasteiger partial charge in [-0.05, 0) is 6.42 Å². The van der Waals surface area contributed by atoms with E-state index in [0.717, 1.165) is 6.42 Å². The van der Waals surface area contributed by atoms with Gasteiger partial charge in [-0.25, -0.2) is 0 Å². The van der Waals surface area contributed by atoms with Crippen molar-refractivity contribution >= 4 is 18.5 Å². The molecule has 0 saturated carbocycles. The SMILES string of the molecule is CCC1CC(=O)NC(S)=C1C#N. The number of nitrogens with one attached hydrogen (secondary N) is 1. The quantitative estimate of drug-likeness (QED) is 0.599. The van der Waals surface area contributed by atoms with Crippen LogP contribution in [0.4, 0.5) is 0 Å². The Bertz CT molecular complexity index is 277. The number of hydrogen-bond acceptors (Lipinski definition) is 3. The molecule has 0 radical (unpaired) electrons. The average Bonchev–Trinajstić information content (AvgIpc) is 2.03. The van der Waals surface area contributed by atoms with Gasteiger partial charge in [0.15, 0.2) is 0 Å². The van der Waals surface area contributed by atoms with E-state index in [-0.39, 0.29) is 11.8 Å². The van der Waals surface area contributed by atoms with Crippen molar-refractivity contribution < 1.29 is 4.79 Å². The van der Waals surface area contributed by atoms with Crippen LogP contribution in [-0.4, -0.2) is 5.91 Å². The third-order valence-electron chi connectivity index (χ3n) is 1.97. The first kappa shape index (κ1) is 9.14. The Kier molecular flexibility index (Phi) is 2.77. The molecule has 1 atom stereocenters. The summed E-state index contributed by atoms with van der Waals surface area (Å²) in [5.41, 5.74) is 0.598. The Morgan fingerprint density at radius 2 is 2.50 bits per heavy atom. The van der Waals surface area contributed by atoms with Gasteiger partial charge in [0, 0.05) is 12.3 Å². The van der Waals surface area contributed by atoms with Crippen molar-refractivity contribution in [2.24, 2.45) is 5.92 Å². The lowest BCUT2D eigenvalue weighted by atomic mass is 9.92. The second-order valence-corrected chi connectivity index (χ2v) is 3.18. The monoisotopic (exact) mass is 182 g/mol. The van der Waals surface area contributed by atoms with E-state index in [0.29, 0.717) is 17.0 Å². The molecule has 0 aromatic heterocycles. The molecule has 1 unspecified atom stereocenters. The van der Waals surface area contributed by atoms with E-state index in [1.165, 1.54) is 0 Å². The second-order valence-electron chi connectivity index (χ2n) is 2.73. The van der Waals surface area contributed by atoms with Crippen LogP contribution in [-0.2, 0) is 4.79 Å². The zero-order valence-electron chi connectivity index (χ0n) is 6.79. The largest absolute Gasteiger partial charge is 0.320 e. The summed E-state index contributed by atoms with van der Waals surface area (Å²) >= 11 is 4.03. The summed E-state index contributed by atoms with van der Waals surface area (Å²) < 4.78 is 0. The zero-order chi connectivity index (χ0) is 9.14. The molecular formula is C8H10N2OS. The van der Waals surface area contributed by atoms with Gasteiger partial charge in [0.2, 0.25) is 5.91 Å². The molecule has 0 saturated heterocycles. The number of nitrogens with zero attached hydrogens (tertiary/aromatic N) is 1.